The van der Waals surface area contributed by atoms with E-state index in [9.17, 15) is 4.79 Å². The standard InChI is InChI=1S/C18H23N3O5/c22-18(15-2-1-6-25-15)21-10-14(11-21)17-19-16(20-26-17)5-9-24-12-13-3-7-23-8-4-13/h1-2,6,13-14H,3-5,7-12H2. The van der Waals surface area contributed by atoms with E-state index in [4.69, 9.17) is 18.4 Å². The van der Waals surface area contributed by atoms with E-state index in [1.54, 1.807) is 17.0 Å². The molecular formula is C18H23N3O5. The second kappa shape index (κ2) is 8.01. The zero-order chi connectivity index (χ0) is 17.8. The Morgan fingerprint density at radius 1 is 1.31 bits per heavy atom. The van der Waals surface area contributed by atoms with Crippen LogP contribution in [0.1, 0.15) is 41.0 Å². The van der Waals surface area contributed by atoms with Gasteiger partial charge in [-0.3, -0.25) is 4.79 Å². The van der Waals surface area contributed by atoms with Gasteiger partial charge in [-0.1, -0.05) is 5.16 Å². The van der Waals surface area contributed by atoms with Gasteiger partial charge in [0.05, 0.1) is 18.8 Å². The zero-order valence-electron chi connectivity index (χ0n) is 14.6. The highest BCUT2D eigenvalue weighted by Gasteiger charge is 2.36. The van der Waals surface area contributed by atoms with Crippen molar-refractivity contribution in [3.63, 3.8) is 0 Å². The summed E-state index contributed by atoms with van der Waals surface area (Å²) in [5.74, 6) is 2.19. The third kappa shape index (κ3) is 3.96. The predicted octanol–water partition coefficient (Wildman–Crippen LogP) is 1.89. The van der Waals surface area contributed by atoms with Gasteiger partial charge in [0.15, 0.2) is 11.6 Å². The molecule has 0 aliphatic carbocycles. The van der Waals surface area contributed by atoms with E-state index in [-0.39, 0.29) is 11.8 Å². The lowest BCUT2D eigenvalue weighted by Crippen LogP contribution is -2.48. The summed E-state index contributed by atoms with van der Waals surface area (Å²) in [4.78, 5) is 18.3. The van der Waals surface area contributed by atoms with Crippen LogP contribution in [-0.4, -0.2) is 60.5 Å². The molecule has 2 saturated heterocycles. The highest BCUT2D eigenvalue weighted by molar-refractivity contribution is 5.92. The van der Waals surface area contributed by atoms with Crippen molar-refractivity contribution < 1.29 is 23.2 Å². The lowest BCUT2D eigenvalue weighted by atomic mass is 10.00. The highest BCUT2D eigenvalue weighted by Crippen LogP contribution is 2.27. The predicted molar refractivity (Wildman–Crippen MR) is 89.7 cm³/mol. The monoisotopic (exact) mass is 361 g/mol. The fourth-order valence-electron chi connectivity index (χ4n) is 3.22. The molecule has 2 aliphatic heterocycles. The first-order valence-corrected chi connectivity index (χ1v) is 9.10. The maximum atomic E-state index is 12.1. The molecule has 4 heterocycles. The molecule has 2 aliphatic rings. The molecule has 140 valence electrons. The van der Waals surface area contributed by atoms with Gasteiger partial charge < -0.3 is 23.3 Å². The van der Waals surface area contributed by atoms with Gasteiger partial charge in [0.25, 0.3) is 5.91 Å². The molecule has 8 heteroatoms. The number of rotatable bonds is 7. The number of hydrogen-bond donors (Lipinski definition) is 0. The van der Waals surface area contributed by atoms with Crippen molar-refractivity contribution in [1.29, 1.82) is 0 Å². The van der Waals surface area contributed by atoms with Crippen molar-refractivity contribution in [2.45, 2.75) is 25.2 Å². The molecule has 0 aromatic carbocycles. The molecule has 8 nitrogen and oxygen atoms in total. The fourth-order valence-corrected chi connectivity index (χ4v) is 3.22. The molecule has 0 N–H and O–H groups in total. The first-order valence-electron chi connectivity index (χ1n) is 9.10. The normalized spacial score (nSPS) is 18.8. The molecule has 0 radical (unpaired) electrons. The molecule has 0 bridgehead atoms. The number of carbonyl (C=O) groups excluding carboxylic acids is 1. The number of carbonyl (C=O) groups is 1. The van der Waals surface area contributed by atoms with Crippen LogP contribution in [0.2, 0.25) is 0 Å². The molecule has 2 aromatic heterocycles. The van der Waals surface area contributed by atoms with Gasteiger partial charge >= 0.3 is 0 Å². The van der Waals surface area contributed by atoms with Gasteiger partial charge in [-0.2, -0.15) is 4.98 Å². The summed E-state index contributed by atoms with van der Waals surface area (Å²) in [6.07, 6.45) is 4.27. The van der Waals surface area contributed by atoms with Crippen LogP contribution in [0.15, 0.2) is 27.3 Å². The Hall–Kier alpha value is -2.19. The van der Waals surface area contributed by atoms with E-state index in [1.807, 2.05) is 0 Å². The Bertz CT molecular complexity index is 702. The summed E-state index contributed by atoms with van der Waals surface area (Å²) in [6, 6.07) is 3.37. The first-order chi connectivity index (χ1) is 12.8. The Morgan fingerprint density at radius 3 is 2.92 bits per heavy atom. The van der Waals surface area contributed by atoms with E-state index in [2.05, 4.69) is 10.1 Å². The largest absolute Gasteiger partial charge is 0.459 e. The lowest BCUT2D eigenvalue weighted by Gasteiger charge is -2.36. The molecule has 1 amide bonds. The average molecular weight is 361 g/mol. The SMILES string of the molecule is O=C(c1ccco1)N1CC(c2nc(CCOCC3CCOCC3)no2)C1. The maximum absolute atomic E-state index is 12.1. The molecular weight excluding hydrogens is 338 g/mol. The van der Waals surface area contributed by atoms with Crippen molar-refractivity contribution in [3.05, 3.63) is 35.9 Å². The average Bonchev–Trinajstić information content (AvgIpc) is 3.30. The maximum Gasteiger partial charge on any atom is 0.289 e. The Balaban J connectivity index is 1.17. The van der Waals surface area contributed by atoms with Crippen molar-refractivity contribution in [3.8, 4) is 0 Å². The Labute approximate surface area is 151 Å². The van der Waals surface area contributed by atoms with Crippen LogP contribution in [0.5, 0.6) is 0 Å². The summed E-state index contributed by atoms with van der Waals surface area (Å²) >= 11 is 0. The van der Waals surface area contributed by atoms with E-state index >= 15 is 0 Å². The van der Waals surface area contributed by atoms with E-state index < -0.39 is 0 Å². The number of likely N-dealkylation sites (tertiary alicyclic amines) is 1. The van der Waals surface area contributed by atoms with Gasteiger partial charge in [0.2, 0.25) is 5.89 Å². The molecule has 0 atom stereocenters. The third-order valence-electron chi connectivity index (χ3n) is 4.90. The molecule has 26 heavy (non-hydrogen) atoms. The Kier molecular flexibility index (Phi) is 5.31. The Morgan fingerprint density at radius 2 is 2.15 bits per heavy atom. The number of ether oxygens (including phenoxy) is 2. The number of aromatic nitrogens is 2. The summed E-state index contributed by atoms with van der Waals surface area (Å²) in [7, 11) is 0. The van der Waals surface area contributed by atoms with E-state index in [0.29, 0.717) is 49.5 Å². The third-order valence-corrected chi connectivity index (χ3v) is 4.90. The fraction of sp³-hybridized carbons (Fsp3) is 0.611. The minimum Gasteiger partial charge on any atom is -0.459 e. The molecule has 0 spiro atoms. The second-order valence-electron chi connectivity index (χ2n) is 6.81. The van der Waals surface area contributed by atoms with E-state index in [1.165, 1.54) is 6.26 Å². The van der Waals surface area contributed by atoms with Crippen LogP contribution in [0.4, 0.5) is 0 Å². The van der Waals surface area contributed by atoms with Crippen LogP contribution < -0.4 is 0 Å². The van der Waals surface area contributed by atoms with Crippen molar-refractivity contribution in [2.24, 2.45) is 5.92 Å². The molecule has 2 aromatic rings. The van der Waals surface area contributed by atoms with Crippen LogP contribution >= 0.6 is 0 Å². The molecule has 4 rings (SSSR count). The van der Waals surface area contributed by atoms with E-state index in [0.717, 1.165) is 32.7 Å². The molecule has 0 unspecified atom stereocenters. The second-order valence-corrected chi connectivity index (χ2v) is 6.81. The topological polar surface area (TPSA) is 90.8 Å². The van der Waals surface area contributed by atoms with Crippen LogP contribution in [-0.2, 0) is 15.9 Å². The summed E-state index contributed by atoms with van der Waals surface area (Å²) in [5.41, 5.74) is 0. The number of hydrogen-bond acceptors (Lipinski definition) is 7. The molecule has 0 saturated carbocycles. The summed E-state index contributed by atoms with van der Waals surface area (Å²) in [6.45, 7) is 4.17. The van der Waals surface area contributed by atoms with Crippen molar-refractivity contribution in [1.82, 2.24) is 15.0 Å². The minimum absolute atomic E-state index is 0.0957. The zero-order valence-corrected chi connectivity index (χ0v) is 14.6. The van der Waals surface area contributed by atoms with Crippen LogP contribution in [0.3, 0.4) is 0 Å². The van der Waals surface area contributed by atoms with Gasteiger partial charge in [-0.15, -0.1) is 0 Å². The van der Waals surface area contributed by atoms with Crippen LogP contribution in [0, 0.1) is 5.92 Å². The number of nitrogens with zero attached hydrogens (tertiary/aromatic N) is 3. The van der Waals surface area contributed by atoms with Crippen molar-refractivity contribution in [2.75, 3.05) is 39.5 Å². The summed E-state index contributed by atoms with van der Waals surface area (Å²) < 4.78 is 21.6. The van der Waals surface area contributed by atoms with Gasteiger partial charge in [0.1, 0.15) is 0 Å². The quantitative estimate of drug-likeness (QED) is 0.696. The van der Waals surface area contributed by atoms with Gasteiger partial charge in [-0.05, 0) is 30.9 Å². The van der Waals surface area contributed by atoms with Gasteiger partial charge in [0, 0.05) is 39.3 Å². The van der Waals surface area contributed by atoms with Crippen LogP contribution in [0.25, 0.3) is 0 Å². The molecule has 2 fully saturated rings. The highest BCUT2D eigenvalue weighted by atomic mass is 16.5. The first kappa shape index (κ1) is 17.2. The van der Waals surface area contributed by atoms with Crippen molar-refractivity contribution >= 4 is 5.91 Å². The smallest absolute Gasteiger partial charge is 0.289 e. The number of amides is 1. The minimum atomic E-state index is -0.104. The summed E-state index contributed by atoms with van der Waals surface area (Å²) in [5, 5.41) is 4.02. The lowest BCUT2D eigenvalue weighted by molar-refractivity contribution is 0.0211. The number of furan rings is 1. The van der Waals surface area contributed by atoms with Gasteiger partial charge in [-0.25, -0.2) is 0 Å².